The summed E-state index contributed by atoms with van der Waals surface area (Å²) >= 11 is 0. The number of ether oxygens (including phenoxy) is 2. The highest BCUT2D eigenvalue weighted by atomic mass is 16.7. The van der Waals surface area contributed by atoms with Crippen LogP contribution in [0.4, 0.5) is 5.69 Å². The van der Waals surface area contributed by atoms with Crippen LogP contribution in [0.25, 0.3) is 0 Å². The van der Waals surface area contributed by atoms with Crippen molar-refractivity contribution >= 4 is 17.6 Å². The average Bonchev–Trinajstić information content (AvgIpc) is 2.99. The van der Waals surface area contributed by atoms with Gasteiger partial charge in [-0.3, -0.25) is 9.59 Å². The molecular weight excluding hydrogens is 302 g/mol. The van der Waals surface area contributed by atoms with E-state index in [-0.39, 0.29) is 25.3 Å². The number of nitriles is 1. The molecular formula is C15H15N3O5. The van der Waals surface area contributed by atoms with Gasteiger partial charge in [0.05, 0.1) is 0 Å². The lowest BCUT2D eigenvalue weighted by Crippen LogP contribution is -2.26. The molecule has 8 nitrogen and oxygen atoms in total. The molecule has 23 heavy (non-hydrogen) atoms. The summed E-state index contributed by atoms with van der Waals surface area (Å²) in [6, 6.07) is 6.93. The maximum absolute atomic E-state index is 11.8. The molecule has 1 aliphatic heterocycles. The fourth-order valence-electron chi connectivity index (χ4n) is 1.83. The van der Waals surface area contributed by atoms with Crippen molar-refractivity contribution in [2.45, 2.75) is 12.8 Å². The summed E-state index contributed by atoms with van der Waals surface area (Å²) in [6.07, 6.45) is 1.54. The molecule has 1 aromatic carbocycles. The fourth-order valence-corrected chi connectivity index (χ4v) is 1.83. The second-order valence-electron chi connectivity index (χ2n) is 4.64. The van der Waals surface area contributed by atoms with Crippen molar-refractivity contribution in [3.63, 3.8) is 0 Å². The number of hydrogen-bond donors (Lipinski definition) is 3. The van der Waals surface area contributed by atoms with Crippen molar-refractivity contribution in [1.82, 2.24) is 5.32 Å². The highest BCUT2D eigenvalue weighted by Gasteiger charge is 2.13. The maximum atomic E-state index is 11.8. The van der Waals surface area contributed by atoms with E-state index in [9.17, 15) is 9.59 Å². The summed E-state index contributed by atoms with van der Waals surface area (Å²) in [5.41, 5.74) is 0.527. The molecule has 1 amide bonds. The first-order valence-electron chi connectivity index (χ1n) is 6.86. The third-order valence-electron chi connectivity index (χ3n) is 2.97. The van der Waals surface area contributed by atoms with Crippen molar-refractivity contribution < 1.29 is 24.2 Å². The summed E-state index contributed by atoms with van der Waals surface area (Å²) in [6.45, 7) is 0.352. The van der Waals surface area contributed by atoms with Crippen LogP contribution in [0.3, 0.4) is 0 Å². The number of hydrogen-bond acceptors (Lipinski definition) is 6. The molecule has 3 N–H and O–H groups in total. The van der Waals surface area contributed by atoms with Crippen molar-refractivity contribution in [2.24, 2.45) is 0 Å². The number of rotatable bonds is 7. The van der Waals surface area contributed by atoms with Gasteiger partial charge >= 0.3 is 5.97 Å². The first kappa shape index (κ1) is 16.2. The first-order valence-corrected chi connectivity index (χ1v) is 6.86. The van der Waals surface area contributed by atoms with Gasteiger partial charge in [-0.1, -0.05) is 0 Å². The van der Waals surface area contributed by atoms with E-state index in [4.69, 9.17) is 19.8 Å². The van der Waals surface area contributed by atoms with Crippen molar-refractivity contribution in [3.05, 3.63) is 30.0 Å². The Balaban J connectivity index is 1.89. The molecule has 0 bridgehead atoms. The Morgan fingerprint density at radius 1 is 1.35 bits per heavy atom. The zero-order valence-corrected chi connectivity index (χ0v) is 12.2. The van der Waals surface area contributed by atoms with E-state index in [1.54, 1.807) is 24.3 Å². The molecule has 0 saturated heterocycles. The van der Waals surface area contributed by atoms with Crippen molar-refractivity contribution in [3.8, 4) is 17.6 Å². The Bertz CT molecular complexity index is 678. The minimum Gasteiger partial charge on any atom is -0.481 e. The van der Waals surface area contributed by atoms with Gasteiger partial charge in [-0.05, 0) is 18.6 Å². The summed E-state index contributed by atoms with van der Waals surface area (Å²) in [4.78, 5) is 22.2. The molecule has 1 aliphatic rings. The molecule has 0 saturated carbocycles. The number of carbonyl (C=O) groups is 2. The topological polar surface area (TPSA) is 121 Å². The predicted molar refractivity (Wildman–Crippen MR) is 79.8 cm³/mol. The minimum absolute atomic E-state index is 0.0403. The Morgan fingerprint density at radius 2 is 2.13 bits per heavy atom. The summed E-state index contributed by atoms with van der Waals surface area (Å²) in [5, 5.41) is 22.9. The predicted octanol–water partition coefficient (Wildman–Crippen LogP) is 1.22. The number of anilines is 1. The van der Waals surface area contributed by atoms with Gasteiger partial charge < -0.3 is 25.2 Å². The van der Waals surface area contributed by atoms with E-state index in [0.29, 0.717) is 23.6 Å². The quantitative estimate of drug-likeness (QED) is 0.393. The third-order valence-corrected chi connectivity index (χ3v) is 2.97. The molecule has 2 rings (SSSR count). The summed E-state index contributed by atoms with van der Waals surface area (Å²) in [7, 11) is 0. The number of fused-ring (bicyclic) bond motifs is 1. The number of nitrogens with zero attached hydrogens (tertiary/aromatic N) is 1. The van der Waals surface area contributed by atoms with Crippen LogP contribution in [0.2, 0.25) is 0 Å². The van der Waals surface area contributed by atoms with E-state index in [2.05, 4.69) is 10.6 Å². The number of nitrogens with one attached hydrogen (secondary N) is 2. The van der Waals surface area contributed by atoms with E-state index in [0.717, 1.165) is 0 Å². The highest BCUT2D eigenvalue weighted by molar-refractivity contribution is 5.97. The number of aliphatic carboxylic acids is 1. The highest BCUT2D eigenvalue weighted by Crippen LogP contribution is 2.34. The molecule has 0 atom stereocenters. The zero-order chi connectivity index (χ0) is 16.7. The Morgan fingerprint density at radius 3 is 2.87 bits per heavy atom. The molecule has 0 aliphatic carbocycles. The Labute approximate surface area is 132 Å². The summed E-state index contributed by atoms with van der Waals surface area (Å²) < 4.78 is 10.4. The Hall–Kier alpha value is -3.21. The van der Waals surface area contributed by atoms with Gasteiger partial charge in [0.1, 0.15) is 11.6 Å². The van der Waals surface area contributed by atoms with Gasteiger partial charge in [0, 0.05) is 30.9 Å². The molecule has 8 heteroatoms. The SMILES string of the molecule is N#C/C(=C/Nc1ccc2c(c1)OCO2)C(=O)NCCCC(=O)O. The van der Waals surface area contributed by atoms with Crippen LogP contribution < -0.4 is 20.1 Å². The molecule has 1 heterocycles. The lowest BCUT2D eigenvalue weighted by atomic mass is 10.2. The summed E-state index contributed by atoms with van der Waals surface area (Å²) in [5.74, 6) is -0.276. The van der Waals surface area contributed by atoms with Crippen LogP contribution in [0.1, 0.15) is 12.8 Å². The number of carbonyl (C=O) groups excluding carboxylic acids is 1. The van der Waals surface area contributed by atoms with Crippen LogP contribution in [0.15, 0.2) is 30.0 Å². The third kappa shape index (κ3) is 4.64. The second-order valence-corrected chi connectivity index (χ2v) is 4.64. The molecule has 0 aromatic heterocycles. The lowest BCUT2D eigenvalue weighted by Gasteiger charge is -2.05. The van der Waals surface area contributed by atoms with E-state index < -0.39 is 11.9 Å². The van der Waals surface area contributed by atoms with E-state index >= 15 is 0 Å². The largest absolute Gasteiger partial charge is 0.481 e. The van der Waals surface area contributed by atoms with Crippen LogP contribution in [-0.4, -0.2) is 30.3 Å². The van der Waals surface area contributed by atoms with Crippen LogP contribution in [-0.2, 0) is 9.59 Å². The van der Waals surface area contributed by atoms with Gasteiger partial charge in [0.2, 0.25) is 6.79 Å². The fraction of sp³-hybridized carbons (Fsp3) is 0.267. The van der Waals surface area contributed by atoms with E-state index in [1.165, 1.54) is 6.20 Å². The Kier molecular flexibility index (Phi) is 5.41. The average molecular weight is 317 g/mol. The van der Waals surface area contributed by atoms with Gasteiger partial charge in [-0.25, -0.2) is 0 Å². The number of carboxylic acid groups (broad SMARTS) is 1. The lowest BCUT2D eigenvalue weighted by molar-refractivity contribution is -0.137. The van der Waals surface area contributed by atoms with Crippen molar-refractivity contribution in [1.29, 1.82) is 5.26 Å². The molecule has 0 fully saturated rings. The van der Waals surface area contributed by atoms with Gasteiger partial charge in [-0.2, -0.15) is 5.26 Å². The van der Waals surface area contributed by atoms with Gasteiger partial charge in [0.15, 0.2) is 11.5 Å². The second kappa shape index (κ2) is 7.70. The molecule has 0 radical (unpaired) electrons. The van der Waals surface area contributed by atoms with Crippen LogP contribution >= 0.6 is 0 Å². The molecule has 0 unspecified atom stereocenters. The van der Waals surface area contributed by atoms with Crippen LogP contribution in [0, 0.1) is 11.3 Å². The zero-order valence-electron chi connectivity index (χ0n) is 12.2. The number of benzene rings is 1. The molecule has 120 valence electrons. The smallest absolute Gasteiger partial charge is 0.303 e. The normalized spacial score (nSPS) is 12.4. The number of amides is 1. The standard InChI is InChI=1S/C15H15N3O5/c16-7-10(15(21)17-5-1-2-14(19)20)8-18-11-3-4-12-13(6-11)23-9-22-12/h3-4,6,8,18H,1-2,5,9H2,(H,17,21)(H,19,20)/b10-8-. The van der Waals surface area contributed by atoms with Gasteiger partial charge in [0.25, 0.3) is 5.91 Å². The van der Waals surface area contributed by atoms with Crippen molar-refractivity contribution in [2.75, 3.05) is 18.7 Å². The molecule has 1 aromatic rings. The maximum Gasteiger partial charge on any atom is 0.303 e. The minimum atomic E-state index is -0.931. The monoisotopic (exact) mass is 317 g/mol. The van der Waals surface area contributed by atoms with Crippen LogP contribution in [0.5, 0.6) is 11.5 Å². The molecule has 0 spiro atoms. The number of carboxylic acids is 1. The van der Waals surface area contributed by atoms with E-state index in [1.807, 2.05) is 0 Å². The van der Waals surface area contributed by atoms with Gasteiger partial charge in [-0.15, -0.1) is 0 Å². The first-order chi connectivity index (χ1) is 11.1.